The van der Waals surface area contributed by atoms with Gasteiger partial charge in [0.25, 0.3) is 5.91 Å². The minimum absolute atomic E-state index is 0.0529. The van der Waals surface area contributed by atoms with Gasteiger partial charge < -0.3 is 14.5 Å². The van der Waals surface area contributed by atoms with Crippen molar-refractivity contribution in [1.82, 2.24) is 9.80 Å². The van der Waals surface area contributed by atoms with Gasteiger partial charge >= 0.3 is 0 Å². The maximum Gasteiger partial charge on any atom is 0.260 e. The molecule has 1 amide bonds. The molecule has 2 rings (SSSR count). The topological polar surface area (TPSA) is 32.8 Å². The highest BCUT2D eigenvalue weighted by molar-refractivity contribution is 6.30. The zero-order valence-electron chi connectivity index (χ0n) is 12.0. The molecule has 1 aromatic rings. The molecule has 1 aromatic carbocycles. The molecule has 0 radical (unpaired) electrons. The first-order valence-electron chi connectivity index (χ1n) is 6.89. The summed E-state index contributed by atoms with van der Waals surface area (Å²) in [7, 11) is 4.18. The third-order valence-corrected chi connectivity index (χ3v) is 3.98. The fraction of sp³-hybridized carbons (Fsp3) is 0.533. The Kier molecular flexibility index (Phi) is 5.26. The summed E-state index contributed by atoms with van der Waals surface area (Å²) in [6.45, 7) is 1.71. The average molecular weight is 297 g/mol. The van der Waals surface area contributed by atoms with E-state index >= 15 is 0 Å². The minimum Gasteiger partial charge on any atom is -0.484 e. The Morgan fingerprint density at radius 1 is 1.30 bits per heavy atom. The molecule has 20 heavy (non-hydrogen) atoms. The molecule has 4 nitrogen and oxygen atoms in total. The summed E-state index contributed by atoms with van der Waals surface area (Å²) < 4.78 is 5.49. The molecule has 0 spiro atoms. The first-order valence-corrected chi connectivity index (χ1v) is 7.26. The van der Waals surface area contributed by atoms with E-state index in [0.29, 0.717) is 16.8 Å². The van der Waals surface area contributed by atoms with Crippen molar-refractivity contribution in [2.24, 2.45) is 0 Å². The molecule has 0 aromatic heterocycles. The second kappa shape index (κ2) is 6.95. The SMILES string of the molecule is CN(C)C1CCN(C(=O)COc2ccc(Cl)cc2)CC1. The lowest BCUT2D eigenvalue weighted by atomic mass is 10.0. The van der Waals surface area contributed by atoms with Crippen LogP contribution in [0.5, 0.6) is 5.75 Å². The van der Waals surface area contributed by atoms with Gasteiger partial charge in [0.15, 0.2) is 6.61 Å². The Balaban J connectivity index is 1.77. The highest BCUT2D eigenvalue weighted by Crippen LogP contribution is 2.17. The van der Waals surface area contributed by atoms with Crippen molar-refractivity contribution >= 4 is 17.5 Å². The number of nitrogens with zero attached hydrogens (tertiary/aromatic N) is 2. The van der Waals surface area contributed by atoms with Crippen LogP contribution in [0.4, 0.5) is 0 Å². The van der Waals surface area contributed by atoms with E-state index in [1.165, 1.54) is 0 Å². The molecule has 1 aliphatic heterocycles. The van der Waals surface area contributed by atoms with E-state index in [0.717, 1.165) is 25.9 Å². The van der Waals surface area contributed by atoms with Crippen LogP contribution in [0.3, 0.4) is 0 Å². The predicted molar refractivity (Wildman–Crippen MR) is 80.2 cm³/mol. The molecular weight excluding hydrogens is 276 g/mol. The van der Waals surface area contributed by atoms with Crippen molar-refractivity contribution in [2.75, 3.05) is 33.8 Å². The van der Waals surface area contributed by atoms with E-state index in [1.54, 1.807) is 24.3 Å². The number of amides is 1. The van der Waals surface area contributed by atoms with Crippen LogP contribution in [0.2, 0.25) is 5.02 Å². The van der Waals surface area contributed by atoms with E-state index in [4.69, 9.17) is 16.3 Å². The van der Waals surface area contributed by atoms with E-state index in [1.807, 2.05) is 4.90 Å². The van der Waals surface area contributed by atoms with Gasteiger partial charge in [0.2, 0.25) is 0 Å². The van der Waals surface area contributed by atoms with Crippen molar-refractivity contribution in [3.8, 4) is 5.75 Å². The fourth-order valence-corrected chi connectivity index (χ4v) is 2.52. The zero-order chi connectivity index (χ0) is 14.5. The summed E-state index contributed by atoms with van der Waals surface area (Å²) in [5, 5.41) is 0.662. The van der Waals surface area contributed by atoms with Crippen LogP contribution >= 0.6 is 11.6 Å². The Labute approximate surface area is 125 Å². The molecule has 0 bridgehead atoms. The highest BCUT2D eigenvalue weighted by Gasteiger charge is 2.23. The molecule has 1 aliphatic rings. The van der Waals surface area contributed by atoms with Gasteiger partial charge in [0, 0.05) is 24.2 Å². The third kappa shape index (κ3) is 4.12. The first-order chi connectivity index (χ1) is 9.56. The molecule has 0 atom stereocenters. The number of piperidine rings is 1. The normalized spacial score (nSPS) is 16.5. The van der Waals surface area contributed by atoms with Gasteiger partial charge in [-0.1, -0.05) is 11.6 Å². The molecule has 0 aliphatic carbocycles. The number of carbonyl (C=O) groups is 1. The van der Waals surface area contributed by atoms with Crippen molar-refractivity contribution in [2.45, 2.75) is 18.9 Å². The second-order valence-electron chi connectivity index (χ2n) is 5.32. The predicted octanol–water partition coefficient (Wildman–Crippen LogP) is 2.27. The van der Waals surface area contributed by atoms with E-state index in [9.17, 15) is 4.79 Å². The van der Waals surface area contributed by atoms with Crippen LogP contribution in [-0.4, -0.2) is 55.5 Å². The Morgan fingerprint density at radius 2 is 1.90 bits per heavy atom. The standard InChI is InChI=1S/C15H21ClN2O2/c1-17(2)13-7-9-18(10-8-13)15(19)11-20-14-5-3-12(16)4-6-14/h3-6,13H,7-11H2,1-2H3. The summed E-state index contributed by atoms with van der Waals surface area (Å²) in [4.78, 5) is 16.2. The molecular formula is C15H21ClN2O2. The first kappa shape index (κ1) is 15.1. The van der Waals surface area contributed by atoms with Crippen LogP contribution in [0.25, 0.3) is 0 Å². The molecule has 110 valence electrons. The largest absolute Gasteiger partial charge is 0.484 e. The van der Waals surface area contributed by atoms with Gasteiger partial charge in [-0.3, -0.25) is 4.79 Å². The summed E-state index contributed by atoms with van der Waals surface area (Å²) in [6, 6.07) is 7.63. The highest BCUT2D eigenvalue weighted by atomic mass is 35.5. The number of hydrogen-bond acceptors (Lipinski definition) is 3. The van der Waals surface area contributed by atoms with Crippen molar-refractivity contribution in [3.05, 3.63) is 29.3 Å². The lowest BCUT2D eigenvalue weighted by Crippen LogP contribution is -2.45. The molecule has 1 fully saturated rings. The minimum atomic E-state index is 0.0529. The van der Waals surface area contributed by atoms with Gasteiger partial charge in [0.05, 0.1) is 0 Å². The Hall–Kier alpha value is -1.26. The lowest BCUT2D eigenvalue weighted by molar-refractivity contribution is -0.134. The summed E-state index contributed by atoms with van der Waals surface area (Å²) in [5.74, 6) is 0.725. The number of rotatable bonds is 4. The number of hydrogen-bond donors (Lipinski definition) is 0. The second-order valence-corrected chi connectivity index (χ2v) is 5.75. The number of ether oxygens (including phenoxy) is 1. The van der Waals surface area contributed by atoms with E-state index in [2.05, 4.69) is 19.0 Å². The smallest absolute Gasteiger partial charge is 0.260 e. The molecule has 1 heterocycles. The monoisotopic (exact) mass is 296 g/mol. The van der Waals surface area contributed by atoms with Gasteiger partial charge in [0.1, 0.15) is 5.75 Å². The summed E-state index contributed by atoms with van der Waals surface area (Å²) in [6.07, 6.45) is 2.05. The quantitative estimate of drug-likeness (QED) is 0.854. The van der Waals surface area contributed by atoms with Crippen LogP contribution in [0, 0.1) is 0 Å². The number of likely N-dealkylation sites (tertiary alicyclic amines) is 1. The van der Waals surface area contributed by atoms with Gasteiger partial charge in [-0.15, -0.1) is 0 Å². The third-order valence-electron chi connectivity index (χ3n) is 3.72. The maximum atomic E-state index is 12.1. The Morgan fingerprint density at radius 3 is 2.45 bits per heavy atom. The summed E-state index contributed by atoms with van der Waals surface area (Å²) >= 11 is 5.80. The van der Waals surface area contributed by atoms with E-state index < -0.39 is 0 Å². The molecule has 0 N–H and O–H groups in total. The molecule has 0 saturated carbocycles. The van der Waals surface area contributed by atoms with Crippen molar-refractivity contribution < 1.29 is 9.53 Å². The number of carbonyl (C=O) groups excluding carboxylic acids is 1. The Bertz CT molecular complexity index is 440. The lowest BCUT2D eigenvalue weighted by Gasteiger charge is -2.35. The van der Waals surface area contributed by atoms with Crippen molar-refractivity contribution in [3.63, 3.8) is 0 Å². The molecule has 1 saturated heterocycles. The van der Waals surface area contributed by atoms with Gasteiger partial charge in [-0.2, -0.15) is 0 Å². The maximum absolute atomic E-state index is 12.1. The van der Waals surface area contributed by atoms with Crippen molar-refractivity contribution in [1.29, 1.82) is 0 Å². The van der Waals surface area contributed by atoms with Gasteiger partial charge in [-0.05, 0) is 51.2 Å². The number of benzene rings is 1. The van der Waals surface area contributed by atoms with Crippen LogP contribution in [0.1, 0.15) is 12.8 Å². The van der Waals surface area contributed by atoms with Crippen LogP contribution in [0.15, 0.2) is 24.3 Å². The van der Waals surface area contributed by atoms with E-state index in [-0.39, 0.29) is 12.5 Å². The fourth-order valence-electron chi connectivity index (χ4n) is 2.40. The number of halogens is 1. The average Bonchev–Trinajstić information content (AvgIpc) is 2.46. The van der Waals surface area contributed by atoms with Crippen LogP contribution in [-0.2, 0) is 4.79 Å². The zero-order valence-corrected chi connectivity index (χ0v) is 12.8. The molecule has 0 unspecified atom stereocenters. The van der Waals surface area contributed by atoms with Crippen LogP contribution < -0.4 is 4.74 Å². The molecule has 5 heteroatoms. The van der Waals surface area contributed by atoms with Gasteiger partial charge in [-0.25, -0.2) is 0 Å². The summed E-state index contributed by atoms with van der Waals surface area (Å²) in [5.41, 5.74) is 0.